The predicted molar refractivity (Wildman–Crippen MR) is 71.8 cm³/mol. The van der Waals surface area contributed by atoms with Gasteiger partial charge >= 0.3 is 0 Å². The highest BCUT2D eigenvalue weighted by Gasteiger charge is 2.17. The molecule has 0 saturated heterocycles. The number of nitrogens with one attached hydrogen (secondary N) is 1. The quantitative estimate of drug-likeness (QED) is 0.587. The Morgan fingerprint density at radius 3 is 2.65 bits per heavy atom. The van der Waals surface area contributed by atoms with Gasteiger partial charge in [0.05, 0.1) is 12.1 Å². The molecule has 2 atom stereocenters. The van der Waals surface area contributed by atoms with Crippen molar-refractivity contribution in [3.8, 4) is 0 Å². The van der Waals surface area contributed by atoms with E-state index in [0.29, 0.717) is 6.61 Å². The van der Waals surface area contributed by atoms with E-state index >= 15 is 0 Å². The van der Waals surface area contributed by atoms with Gasteiger partial charge in [-0.3, -0.25) is 11.3 Å². The fraction of sp³-hybridized carbons (Fsp3) is 0.571. The fourth-order valence-electron chi connectivity index (χ4n) is 2.00. The summed E-state index contributed by atoms with van der Waals surface area (Å²) < 4.78 is 5.59. The van der Waals surface area contributed by atoms with Gasteiger partial charge in [-0.05, 0) is 45.2 Å². The first-order valence-electron chi connectivity index (χ1n) is 6.22. The molecule has 0 spiro atoms. The second-order valence-corrected chi connectivity index (χ2v) is 4.57. The summed E-state index contributed by atoms with van der Waals surface area (Å²) in [5.74, 6) is 5.61. The first kappa shape index (κ1) is 14.2. The minimum absolute atomic E-state index is 0.116. The lowest BCUT2D eigenvalue weighted by atomic mass is 9.97. The lowest BCUT2D eigenvalue weighted by molar-refractivity contribution is 0.0476. The summed E-state index contributed by atoms with van der Waals surface area (Å²) >= 11 is 0. The van der Waals surface area contributed by atoms with Gasteiger partial charge in [0.15, 0.2) is 0 Å². The maximum absolute atomic E-state index is 5.61. The van der Waals surface area contributed by atoms with Gasteiger partial charge in [0, 0.05) is 6.61 Å². The Bertz CT molecular complexity index is 352. The minimum atomic E-state index is 0.116. The van der Waals surface area contributed by atoms with Crippen LogP contribution in [0.25, 0.3) is 0 Å². The molecule has 1 aromatic carbocycles. The van der Waals surface area contributed by atoms with Crippen molar-refractivity contribution in [2.75, 3.05) is 6.61 Å². The zero-order chi connectivity index (χ0) is 12.8. The van der Waals surface area contributed by atoms with Gasteiger partial charge in [0.2, 0.25) is 0 Å². The standard InChI is InChI=1S/C14H24N2O/c1-5-17-12(4)14(16-15)9-13-8-10(2)6-7-11(13)3/h6-8,12,14,16H,5,9,15H2,1-4H3. The van der Waals surface area contributed by atoms with Crippen LogP contribution >= 0.6 is 0 Å². The summed E-state index contributed by atoms with van der Waals surface area (Å²) in [5.41, 5.74) is 6.78. The second-order valence-electron chi connectivity index (χ2n) is 4.57. The fourth-order valence-corrected chi connectivity index (χ4v) is 2.00. The van der Waals surface area contributed by atoms with Crippen LogP contribution in [0, 0.1) is 13.8 Å². The molecule has 3 nitrogen and oxygen atoms in total. The Labute approximate surface area is 104 Å². The second kappa shape index (κ2) is 6.74. The maximum Gasteiger partial charge on any atom is 0.0716 e. The number of benzene rings is 1. The van der Waals surface area contributed by atoms with E-state index in [1.165, 1.54) is 16.7 Å². The van der Waals surface area contributed by atoms with Gasteiger partial charge in [-0.25, -0.2) is 0 Å². The van der Waals surface area contributed by atoms with Crippen molar-refractivity contribution in [2.45, 2.75) is 46.3 Å². The zero-order valence-electron chi connectivity index (χ0n) is 11.3. The van der Waals surface area contributed by atoms with Crippen LogP contribution in [0.2, 0.25) is 0 Å². The average molecular weight is 236 g/mol. The van der Waals surface area contributed by atoms with Crippen molar-refractivity contribution < 1.29 is 4.74 Å². The van der Waals surface area contributed by atoms with E-state index in [9.17, 15) is 0 Å². The van der Waals surface area contributed by atoms with E-state index in [2.05, 4.69) is 44.4 Å². The molecule has 0 aliphatic carbocycles. The van der Waals surface area contributed by atoms with E-state index in [0.717, 1.165) is 6.42 Å². The number of aryl methyl sites for hydroxylation is 2. The number of hydrazine groups is 1. The monoisotopic (exact) mass is 236 g/mol. The largest absolute Gasteiger partial charge is 0.377 e. The molecule has 17 heavy (non-hydrogen) atoms. The molecule has 96 valence electrons. The normalized spacial score (nSPS) is 14.6. The van der Waals surface area contributed by atoms with Crippen molar-refractivity contribution in [3.63, 3.8) is 0 Å². The first-order chi connectivity index (χ1) is 8.08. The SMILES string of the molecule is CCOC(C)C(Cc1cc(C)ccc1C)NN. The molecular formula is C14H24N2O. The molecule has 0 radical (unpaired) electrons. The average Bonchev–Trinajstić information content (AvgIpc) is 2.30. The van der Waals surface area contributed by atoms with Crippen LogP contribution in [0.15, 0.2) is 18.2 Å². The van der Waals surface area contributed by atoms with Crippen LogP contribution in [-0.4, -0.2) is 18.8 Å². The summed E-state index contributed by atoms with van der Waals surface area (Å²) in [6, 6.07) is 6.66. The molecule has 0 heterocycles. The Hall–Kier alpha value is -0.900. The molecule has 1 rings (SSSR count). The molecule has 2 unspecified atom stereocenters. The summed E-state index contributed by atoms with van der Waals surface area (Å²) in [4.78, 5) is 0. The van der Waals surface area contributed by atoms with Crippen molar-refractivity contribution in [3.05, 3.63) is 34.9 Å². The number of nitrogens with two attached hydrogens (primary N) is 1. The third kappa shape index (κ3) is 4.11. The van der Waals surface area contributed by atoms with Gasteiger partial charge in [-0.2, -0.15) is 0 Å². The van der Waals surface area contributed by atoms with Gasteiger partial charge < -0.3 is 4.74 Å². The van der Waals surface area contributed by atoms with Crippen LogP contribution in [0.3, 0.4) is 0 Å². The Kier molecular flexibility index (Phi) is 5.62. The van der Waals surface area contributed by atoms with Gasteiger partial charge in [-0.1, -0.05) is 23.8 Å². The molecule has 0 amide bonds. The van der Waals surface area contributed by atoms with Gasteiger partial charge in [0.1, 0.15) is 0 Å². The Morgan fingerprint density at radius 2 is 2.06 bits per heavy atom. The third-order valence-corrected chi connectivity index (χ3v) is 3.15. The van der Waals surface area contributed by atoms with E-state index in [1.807, 2.05) is 6.92 Å². The highest BCUT2D eigenvalue weighted by molar-refractivity contribution is 5.31. The van der Waals surface area contributed by atoms with E-state index in [-0.39, 0.29) is 12.1 Å². The third-order valence-electron chi connectivity index (χ3n) is 3.15. The van der Waals surface area contributed by atoms with Crippen molar-refractivity contribution in [1.82, 2.24) is 5.43 Å². The van der Waals surface area contributed by atoms with Crippen LogP contribution in [0.5, 0.6) is 0 Å². The lowest BCUT2D eigenvalue weighted by Gasteiger charge is -2.24. The molecule has 0 fully saturated rings. The molecule has 0 saturated carbocycles. The van der Waals surface area contributed by atoms with Crippen LogP contribution in [-0.2, 0) is 11.2 Å². The van der Waals surface area contributed by atoms with E-state index in [1.54, 1.807) is 0 Å². The smallest absolute Gasteiger partial charge is 0.0716 e. The molecule has 0 aliphatic heterocycles. The predicted octanol–water partition coefficient (Wildman–Crippen LogP) is 2.10. The number of hydrogen-bond donors (Lipinski definition) is 2. The van der Waals surface area contributed by atoms with Gasteiger partial charge in [0.25, 0.3) is 0 Å². The van der Waals surface area contributed by atoms with Crippen LogP contribution < -0.4 is 11.3 Å². The molecule has 0 bridgehead atoms. The molecule has 1 aromatic rings. The molecule has 3 heteroatoms. The Balaban J connectivity index is 2.76. The molecule has 3 N–H and O–H groups in total. The molecular weight excluding hydrogens is 212 g/mol. The van der Waals surface area contributed by atoms with Crippen LogP contribution in [0.1, 0.15) is 30.5 Å². The first-order valence-corrected chi connectivity index (χ1v) is 6.22. The number of rotatable bonds is 6. The topological polar surface area (TPSA) is 47.3 Å². The van der Waals surface area contributed by atoms with Gasteiger partial charge in [-0.15, -0.1) is 0 Å². The van der Waals surface area contributed by atoms with E-state index in [4.69, 9.17) is 10.6 Å². The minimum Gasteiger partial charge on any atom is -0.377 e. The lowest BCUT2D eigenvalue weighted by Crippen LogP contribution is -2.45. The zero-order valence-corrected chi connectivity index (χ0v) is 11.3. The number of hydrogen-bond acceptors (Lipinski definition) is 3. The summed E-state index contributed by atoms with van der Waals surface area (Å²) in [5, 5.41) is 0. The number of ether oxygens (including phenoxy) is 1. The van der Waals surface area contributed by atoms with Crippen molar-refractivity contribution in [1.29, 1.82) is 0 Å². The highest BCUT2D eigenvalue weighted by Crippen LogP contribution is 2.14. The molecule has 0 aliphatic rings. The molecule has 0 aromatic heterocycles. The Morgan fingerprint density at radius 1 is 1.35 bits per heavy atom. The van der Waals surface area contributed by atoms with E-state index < -0.39 is 0 Å². The summed E-state index contributed by atoms with van der Waals surface area (Å²) in [6.07, 6.45) is 1.01. The summed E-state index contributed by atoms with van der Waals surface area (Å²) in [7, 11) is 0. The van der Waals surface area contributed by atoms with Crippen molar-refractivity contribution >= 4 is 0 Å². The summed E-state index contributed by atoms with van der Waals surface area (Å²) in [6.45, 7) is 9.01. The van der Waals surface area contributed by atoms with Crippen LogP contribution in [0.4, 0.5) is 0 Å². The maximum atomic E-state index is 5.61. The highest BCUT2D eigenvalue weighted by atomic mass is 16.5. The van der Waals surface area contributed by atoms with Crippen molar-refractivity contribution in [2.24, 2.45) is 5.84 Å².